The van der Waals surface area contributed by atoms with Crippen LogP contribution in [0.15, 0.2) is 24.3 Å². The van der Waals surface area contributed by atoms with Crippen molar-refractivity contribution in [1.82, 2.24) is 0 Å². The summed E-state index contributed by atoms with van der Waals surface area (Å²) < 4.78 is 25.3. The van der Waals surface area contributed by atoms with Crippen LogP contribution in [0.1, 0.15) is 36.8 Å². The topological polar surface area (TPSA) is 26.0 Å². The standard InChI is InChI=1S/C11H13F2N/c12-10(13)8-4-1-2-5-9(8)11(14)6-3-7-11/h1-2,4-5,10H,3,6-7,14H2. The van der Waals surface area contributed by atoms with Gasteiger partial charge < -0.3 is 5.73 Å². The summed E-state index contributed by atoms with van der Waals surface area (Å²) in [6.07, 6.45) is 0.244. The molecule has 0 radical (unpaired) electrons. The highest BCUT2D eigenvalue weighted by Gasteiger charge is 2.37. The third kappa shape index (κ3) is 1.42. The maximum absolute atomic E-state index is 12.7. The van der Waals surface area contributed by atoms with Crippen molar-refractivity contribution in [2.45, 2.75) is 31.2 Å². The number of benzene rings is 1. The lowest BCUT2D eigenvalue weighted by molar-refractivity contribution is 0.143. The van der Waals surface area contributed by atoms with Gasteiger partial charge in [0.1, 0.15) is 0 Å². The first-order chi connectivity index (χ1) is 6.63. The lowest BCUT2D eigenvalue weighted by atomic mass is 9.71. The molecular weight excluding hydrogens is 184 g/mol. The molecule has 1 aromatic rings. The van der Waals surface area contributed by atoms with Crippen LogP contribution in [0.25, 0.3) is 0 Å². The van der Waals surface area contributed by atoms with Crippen LogP contribution in [0, 0.1) is 0 Å². The second-order valence-electron chi connectivity index (χ2n) is 3.90. The molecule has 1 aromatic carbocycles. The Bertz CT molecular complexity index is 332. The maximum Gasteiger partial charge on any atom is 0.264 e. The van der Waals surface area contributed by atoms with Gasteiger partial charge in [0, 0.05) is 11.1 Å². The lowest BCUT2D eigenvalue weighted by Crippen LogP contribution is -2.44. The minimum Gasteiger partial charge on any atom is -0.321 e. The summed E-state index contributed by atoms with van der Waals surface area (Å²) >= 11 is 0. The summed E-state index contributed by atoms with van der Waals surface area (Å²) in [5, 5.41) is 0. The van der Waals surface area contributed by atoms with Crippen LogP contribution in [0.3, 0.4) is 0 Å². The average molecular weight is 197 g/mol. The summed E-state index contributed by atoms with van der Waals surface area (Å²) in [4.78, 5) is 0. The summed E-state index contributed by atoms with van der Waals surface area (Å²) in [6, 6.07) is 6.59. The van der Waals surface area contributed by atoms with Gasteiger partial charge in [0.25, 0.3) is 6.43 Å². The zero-order valence-electron chi connectivity index (χ0n) is 7.84. The molecule has 1 aliphatic rings. The second-order valence-corrected chi connectivity index (χ2v) is 3.90. The van der Waals surface area contributed by atoms with Gasteiger partial charge in [-0.05, 0) is 24.8 Å². The van der Waals surface area contributed by atoms with Crippen LogP contribution >= 0.6 is 0 Å². The third-order valence-electron chi connectivity index (χ3n) is 2.98. The van der Waals surface area contributed by atoms with E-state index >= 15 is 0 Å². The van der Waals surface area contributed by atoms with Gasteiger partial charge in [-0.3, -0.25) is 0 Å². The smallest absolute Gasteiger partial charge is 0.264 e. The summed E-state index contributed by atoms with van der Waals surface area (Å²) in [7, 11) is 0. The van der Waals surface area contributed by atoms with Crippen molar-refractivity contribution in [3.05, 3.63) is 35.4 Å². The molecule has 2 N–H and O–H groups in total. The molecule has 0 spiro atoms. The number of nitrogens with two attached hydrogens (primary N) is 1. The molecule has 3 heteroatoms. The molecule has 76 valence electrons. The molecular formula is C11H13F2N. The predicted molar refractivity (Wildman–Crippen MR) is 51.1 cm³/mol. The van der Waals surface area contributed by atoms with Gasteiger partial charge in [-0.1, -0.05) is 24.3 Å². The molecule has 0 unspecified atom stereocenters. The van der Waals surface area contributed by atoms with Crippen molar-refractivity contribution in [2.75, 3.05) is 0 Å². The zero-order chi connectivity index (χ0) is 10.2. The van der Waals surface area contributed by atoms with Gasteiger partial charge in [-0.2, -0.15) is 0 Å². The highest BCUT2D eigenvalue weighted by molar-refractivity contribution is 5.35. The predicted octanol–water partition coefficient (Wildman–Crippen LogP) is 2.96. The van der Waals surface area contributed by atoms with Crippen LogP contribution in [0.4, 0.5) is 8.78 Å². The fourth-order valence-electron chi connectivity index (χ4n) is 1.97. The number of halogens is 2. The molecule has 0 aromatic heterocycles. The summed E-state index contributed by atoms with van der Waals surface area (Å²) in [6.45, 7) is 0. The minimum absolute atomic E-state index is 0.0923. The largest absolute Gasteiger partial charge is 0.321 e. The Labute approximate surface area is 81.9 Å². The van der Waals surface area contributed by atoms with Crippen molar-refractivity contribution >= 4 is 0 Å². The molecule has 0 aliphatic heterocycles. The molecule has 0 saturated heterocycles. The van der Waals surface area contributed by atoms with Gasteiger partial charge in [0.15, 0.2) is 0 Å². The number of hydrogen-bond donors (Lipinski definition) is 1. The van der Waals surface area contributed by atoms with Gasteiger partial charge in [-0.25, -0.2) is 8.78 Å². The van der Waals surface area contributed by atoms with Crippen molar-refractivity contribution in [2.24, 2.45) is 5.73 Å². The summed E-state index contributed by atoms with van der Waals surface area (Å²) in [5.41, 5.74) is 6.25. The Morgan fingerprint density at radius 1 is 1.21 bits per heavy atom. The van der Waals surface area contributed by atoms with Crippen LogP contribution < -0.4 is 5.73 Å². The SMILES string of the molecule is NC1(c2ccccc2C(F)F)CCC1. The zero-order valence-corrected chi connectivity index (χ0v) is 7.84. The quantitative estimate of drug-likeness (QED) is 0.775. The van der Waals surface area contributed by atoms with E-state index in [-0.39, 0.29) is 5.56 Å². The van der Waals surface area contributed by atoms with E-state index in [9.17, 15) is 8.78 Å². The molecule has 2 rings (SSSR count). The van der Waals surface area contributed by atoms with Gasteiger partial charge in [-0.15, -0.1) is 0 Å². The number of rotatable bonds is 2. The number of hydrogen-bond acceptors (Lipinski definition) is 1. The van der Waals surface area contributed by atoms with E-state index in [1.807, 2.05) is 0 Å². The highest BCUT2D eigenvalue weighted by atomic mass is 19.3. The van der Waals surface area contributed by atoms with Crippen molar-refractivity contribution in [3.8, 4) is 0 Å². The molecule has 1 fully saturated rings. The molecule has 1 nitrogen and oxygen atoms in total. The normalized spacial score (nSPS) is 19.4. The molecule has 0 atom stereocenters. The van der Waals surface area contributed by atoms with E-state index in [1.165, 1.54) is 6.07 Å². The first-order valence-corrected chi connectivity index (χ1v) is 4.80. The molecule has 0 bridgehead atoms. The Balaban J connectivity index is 2.41. The molecule has 1 aliphatic carbocycles. The fourth-order valence-corrected chi connectivity index (χ4v) is 1.97. The van der Waals surface area contributed by atoms with Crippen LogP contribution in [-0.2, 0) is 5.54 Å². The van der Waals surface area contributed by atoms with Crippen LogP contribution in [0.5, 0.6) is 0 Å². The Morgan fingerprint density at radius 2 is 1.86 bits per heavy atom. The lowest BCUT2D eigenvalue weighted by Gasteiger charge is -2.39. The van der Waals surface area contributed by atoms with Crippen molar-refractivity contribution in [3.63, 3.8) is 0 Å². The van der Waals surface area contributed by atoms with Crippen LogP contribution in [0.2, 0.25) is 0 Å². The van der Waals surface area contributed by atoms with E-state index in [0.717, 1.165) is 19.3 Å². The average Bonchev–Trinajstić information content (AvgIpc) is 2.14. The fraction of sp³-hybridized carbons (Fsp3) is 0.455. The van der Waals surface area contributed by atoms with E-state index in [1.54, 1.807) is 18.2 Å². The van der Waals surface area contributed by atoms with Gasteiger partial charge >= 0.3 is 0 Å². The first-order valence-electron chi connectivity index (χ1n) is 4.80. The van der Waals surface area contributed by atoms with E-state index in [2.05, 4.69) is 0 Å². The highest BCUT2D eigenvalue weighted by Crippen LogP contribution is 2.42. The minimum atomic E-state index is -2.42. The van der Waals surface area contributed by atoms with E-state index < -0.39 is 12.0 Å². The van der Waals surface area contributed by atoms with Gasteiger partial charge in [0.2, 0.25) is 0 Å². The Hall–Kier alpha value is -0.960. The molecule has 0 heterocycles. The summed E-state index contributed by atoms with van der Waals surface area (Å²) in [5.74, 6) is 0. The second kappa shape index (κ2) is 3.31. The number of alkyl halides is 2. The molecule has 1 saturated carbocycles. The molecule has 0 amide bonds. The Morgan fingerprint density at radius 3 is 2.36 bits per heavy atom. The monoisotopic (exact) mass is 197 g/mol. The molecule has 14 heavy (non-hydrogen) atoms. The van der Waals surface area contributed by atoms with Crippen molar-refractivity contribution < 1.29 is 8.78 Å². The van der Waals surface area contributed by atoms with Gasteiger partial charge in [0.05, 0.1) is 0 Å². The first kappa shape index (κ1) is 9.59. The van der Waals surface area contributed by atoms with Crippen molar-refractivity contribution in [1.29, 1.82) is 0 Å². The van der Waals surface area contributed by atoms with Crippen LogP contribution in [-0.4, -0.2) is 0 Å². The maximum atomic E-state index is 12.7. The Kier molecular flexibility index (Phi) is 2.27. The third-order valence-corrected chi connectivity index (χ3v) is 2.98. The van der Waals surface area contributed by atoms with E-state index in [4.69, 9.17) is 5.73 Å². The van der Waals surface area contributed by atoms with E-state index in [0.29, 0.717) is 5.56 Å².